The van der Waals surface area contributed by atoms with Gasteiger partial charge in [-0.25, -0.2) is 20.1 Å². The van der Waals surface area contributed by atoms with Gasteiger partial charge in [0.25, 0.3) is 5.91 Å². The average Bonchev–Trinajstić information content (AvgIpc) is 2.90. The maximum absolute atomic E-state index is 12.5. The van der Waals surface area contributed by atoms with E-state index in [-0.39, 0.29) is 36.4 Å². The third-order valence-electron chi connectivity index (χ3n) is 4.48. The van der Waals surface area contributed by atoms with Gasteiger partial charge in [0.1, 0.15) is 0 Å². The van der Waals surface area contributed by atoms with E-state index < -0.39 is 30.4 Å². The molecule has 172 valence electrons. The molecule has 0 aliphatic heterocycles. The summed E-state index contributed by atoms with van der Waals surface area (Å²) in [6, 6.07) is 6.35. The Morgan fingerprint density at radius 2 is 1.47 bits per heavy atom. The Kier molecular flexibility index (Phi) is 8.50. The molecule has 4 N–H and O–H groups in total. The molecule has 11 heteroatoms. The van der Waals surface area contributed by atoms with Crippen molar-refractivity contribution in [3.8, 4) is 11.1 Å². The Bertz CT molecular complexity index is 936. The summed E-state index contributed by atoms with van der Waals surface area (Å²) in [6.07, 6.45) is -0.104. The van der Waals surface area contributed by atoms with Crippen LogP contribution in [0.15, 0.2) is 24.3 Å². The molecule has 0 atom stereocenters. The van der Waals surface area contributed by atoms with Gasteiger partial charge in [0.2, 0.25) is 5.91 Å². The van der Waals surface area contributed by atoms with Crippen LogP contribution in [0.5, 0.6) is 0 Å². The van der Waals surface area contributed by atoms with Crippen LogP contribution < -0.4 is 11.2 Å². The number of nitrogen functional groups attached to an aromatic ring is 1. The van der Waals surface area contributed by atoms with Gasteiger partial charge in [-0.15, -0.1) is 0 Å². The molecule has 11 nitrogen and oxygen atoms in total. The van der Waals surface area contributed by atoms with Crippen molar-refractivity contribution in [3.05, 3.63) is 41.0 Å². The van der Waals surface area contributed by atoms with E-state index in [0.29, 0.717) is 16.7 Å². The van der Waals surface area contributed by atoms with Crippen LogP contribution in [0.4, 0.5) is 5.69 Å². The molecule has 0 saturated heterocycles. The smallest absolute Gasteiger partial charge is 0.340 e. The maximum Gasteiger partial charge on any atom is 0.340 e. The van der Waals surface area contributed by atoms with Gasteiger partial charge in [-0.1, -0.05) is 24.3 Å². The van der Waals surface area contributed by atoms with Crippen molar-refractivity contribution in [2.24, 2.45) is 0 Å². The Hall–Kier alpha value is -3.70. The van der Waals surface area contributed by atoms with E-state index in [1.165, 1.54) is 12.5 Å². The topological polar surface area (TPSA) is 157 Å². The SMILES string of the molecule is CCOC(=O)c1c2ccc(CC(=O)N(C)OCC(=O)NO)ccc-2c(C(=O)OCC)c1N. The molecule has 2 aliphatic rings. The molecule has 0 aromatic rings. The average molecular weight is 447 g/mol. The number of hydroxylamine groups is 3. The van der Waals surface area contributed by atoms with Crippen LogP contribution in [-0.2, 0) is 30.3 Å². The molecule has 0 aromatic carbocycles. The van der Waals surface area contributed by atoms with Crippen LogP contribution in [0.25, 0.3) is 11.1 Å². The predicted octanol–water partition coefficient (Wildman–Crippen LogP) is 1.16. The number of hydrogen-bond acceptors (Lipinski definition) is 9. The van der Waals surface area contributed by atoms with Gasteiger partial charge in [-0.3, -0.25) is 19.6 Å². The number of amides is 2. The van der Waals surface area contributed by atoms with Gasteiger partial charge in [0.05, 0.1) is 36.4 Å². The summed E-state index contributed by atoms with van der Waals surface area (Å²) in [4.78, 5) is 53.3. The second-order valence-corrected chi connectivity index (χ2v) is 6.55. The first kappa shape index (κ1) is 24.6. The molecule has 0 saturated carbocycles. The van der Waals surface area contributed by atoms with E-state index in [1.54, 1.807) is 38.1 Å². The first-order valence-electron chi connectivity index (χ1n) is 9.75. The predicted molar refractivity (Wildman–Crippen MR) is 112 cm³/mol. The molecule has 0 heterocycles. The highest BCUT2D eigenvalue weighted by Gasteiger charge is 2.30. The molecule has 2 rings (SSSR count). The fourth-order valence-electron chi connectivity index (χ4n) is 2.98. The number of carbonyl (C=O) groups excluding carboxylic acids is 4. The summed E-state index contributed by atoms with van der Waals surface area (Å²) in [7, 11) is 1.32. The van der Waals surface area contributed by atoms with Crippen LogP contribution in [0, 0.1) is 0 Å². The standard InChI is InChI=1S/C21H25N3O8/c1-4-30-20(27)17-13-8-6-12(10-16(26)24(3)32-11-15(25)23-29)7-9-14(13)18(19(17)22)21(28)31-5-2/h6-9,29H,4-5,10-11,22H2,1-3H3,(H,23,25). The van der Waals surface area contributed by atoms with Crippen LogP contribution in [0.2, 0.25) is 0 Å². The van der Waals surface area contributed by atoms with Crippen LogP contribution >= 0.6 is 0 Å². The minimum atomic E-state index is -0.815. The molecule has 0 spiro atoms. The Morgan fingerprint density at radius 1 is 0.969 bits per heavy atom. The van der Waals surface area contributed by atoms with E-state index in [1.807, 2.05) is 0 Å². The number of nitrogens with two attached hydrogens (primary N) is 1. The number of hydrogen-bond donors (Lipinski definition) is 3. The minimum Gasteiger partial charge on any atom is -0.462 e. The Morgan fingerprint density at radius 3 is 1.91 bits per heavy atom. The number of anilines is 1. The molecular weight excluding hydrogens is 422 g/mol. The lowest BCUT2D eigenvalue weighted by Gasteiger charge is -2.15. The number of esters is 2. The van der Waals surface area contributed by atoms with Crippen molar-refractivity contribution in [3.63, 3.8) is 0 Å². The highest BCUT2D eigenvalue weighted by Crippen LogP contribution is 2.39. The Labute approximate surface area is 184 Å². The van der Waals surface area contributed by atoms with Gasteiger partial charge in [0, 0.05) is 7.05 Å². The first-order chi connectivity index (χ1) is 15.2. The third kappa shape index (κ3) is 5.50. The highest BCUT2D eigenvalue weighted by atomic mass is 16.7. The molecule has 32 heavy (non-hydrogen) atoms. The zero-order valence-electron chi connectivity index (χ0n) is 18.0. The largest absolute Gasteiger partial charge is 0.462 e. The van der Waals surface area contributed by atoms with Crippen LogP contribution in [0.1, 0.15) is 40.1 Å². The number of fused-ring (bicyclic) bond motifs is 1. The monoisotopic (exact) mass is 447 g/mol. The van der Waals surface area contributed by atoms with Gasteiger partial charge < -0.3 is 15.2 Å². The van der Waals surface area contributed by atoms with Gasteiger partial charge in [-0.2, -0.15) is 0 Å². The number of likely N-dealkylation sites (N-methyl/N-ethyl adjacent to an activating group) is 1. The number of rotatable bonds is 9. The van der Waals surface area contributed by atoms with E-state index in [4.69, 9.17) is 25.3 Å². The summed E-state index contributed by atoms with van der Waals surface area (Å²) < 4.78 is 10.2. The molecule has 0 bridgehead atoms. The quantitative estimate of drug-likeness (QED) is 0.291. The second-order valence-electron chi connectivity index (χ2n) is 6.55. The van der Waals surface area contributed by atoms with Crippen molar-refractivity contribution >= 4 is 29.4 Å². The van der Waals surface area contributed by atoms with Crippen LogP contribution in [0.3, 0.4) is 0 Å². The lowest BCUT2D eigenvalue weighted by molar-refractivity contribution is -0.182. The lowest BCUT2D eigenvalue weighted by atomic mass is 10.1. The summed E-state index contributed by atoms with van der Waals surface area (Å²) in [5.74, 6) is -2.64. The van der Waals surface area contributed by atoms with E-state index >= 15 is 0 Å². The summed E-state index contributed by atoms with van der Waals surface area (Å²) in [5, 5.41) is 9.34. The normalized spacial score (nSPS) is 10.5. The van der Waals surface area contributed by atoms with Crippen molar-refractivity contribution in [2.45, 2.75) is 20.3 Å². The maximum atomic E-state index is 12.5. The second kappa shape index (κ2) is 11.1. The zero-order valence-corrected chi connectivity index (χ0v) is 18.0. The lowest BCUT2D eigenvalue weighted by Crippen LogP contribution is -2.33. The molecular formula is C21H25N3O8. The van der Waals surface area contributed by atoms with E-state index in [9.17, 15) is 19.2 Å². The molecule has 2 aliphatic carbocycles. The summed E-state index contributed by atoms with van der Waals surface area (Å²) in [5.41, 5.74) is 8.88. The number of nitrogens with zero attached hydrogens (tertiary/aromatic N) is 1. The fraction of sp³-hybridized carbons (Fsp3) is 0.333. The van der Waals surface area contributed by atoms with E-state index in [0.717, 1.165) is 5.06 Å². The van der Waals surface area contributed by atoms with Gasteiger partial charge in [0.15, 0.2) is 6.61 Å². The molecule has 0 radical (unpaired) electrons. The molecule has 0 aromatic heterocycles. The summed E-state index contributed by atoms with van der Waals surface area (Å²) >= 11 is 0. The number of carbonyl (C=O) groups is 4. The van der Waals surface area contributed by atoms with E-state index in [2.05, 4.69) is 0 Å². The van der Waals surface area contributed by atoms with Gasteiger partial charge in [-0.05, 0) is 30.5 Å². The highest BCUT2D eigenvalue weighted by molar-refractivity contribution is 6.15. The fourth-order valence-corrected chi connectivity index (χ4v) is 2.98. The first-order valence-corrected chi connectivity index (χ1v) is 9.75. The molecule has 0 fully saturated rings. The van der Waals surface area contributed by atoms with Crippen molar-refractivity contribution in [1.82, 2.24) is 10.5 Å². The number of ether oxygens (including phenoxy) is 2. The molecule has 0 unspecified atom stereocenters. The minimum absolute atomic E-state index is 0.0315. The summed E-state index contributed by atoms with van der Waals surface area (Å²) in [6.45, 7) is 3.01. The third-order valence-corrected chi connectivity index (χ3v) is 4.48. The van der Waals surface area contributed by atoms with Crippen molar-refractivity contribution < 1.29 is 38.7 Å². The Balaban J connectivity index is 2.41. The van der Waals surface area contributed by atoms with Crippen molar-refractivity contribution in [2.75, 3.05) is 32.6 Å². The number of nitrogens with one attached hydrogen (secondary N) is 1. The van der Waals surface area contributed by atoms with Crippen molar-refractivity contribution in [1.29, 1.82) is 0 Å². The van der Waals surface area contributed by atoms with Gasteiger partial charge >= 0.3 is 11.9 Å². The zero-order chi connectivity index (χ0) is 23.8. The molecule has 2 amide bonds. The van der Waals surface area contributed by atoms with Crippen LogP contribution in [-0.4, -0.2) is 60.9 Å².